The van der Waals surface area contributed by atoms with Crippen molar-refractivity contribution in [2.24, 2.45) is 21.8 Å². The molecule has 268 valence electrons. The molecule has 0 saturated carbocycles. The molecule has 2 saturated heterocycles. The topological polar surface area (TPSA) is 258 Å². The highest BCUT2D eigenvalue weighted by molar-refractivity contribution is 7.80. The van der Waals surface area contributed by atoms with E-state index in [-0.39, 0.29) is 51.3 Å². The van der Waals surface area contributed by atoms with Crippen LogP contribution in [0.5, 0.6) is 5.75 Å². The van der Waals surface area contributed by atoms with Crippen LogP contribution >= 0.6 is 38.3 Å². The van der Waals surface area contributed by atoms with Crippen molar-refractivity contribution in [1.82, 2.24) is 15.4 Å². The van der Waals surface area contributed by atoms with Crippen molar-refractivity contribution >= 4 is 83.1 Å². The van der Waals surface area contributed by atoms with E-state index in [4.69, 9.17) is 25.6 Å². The molecule has 2 aliphatic heterocycles. The average Bonchev–Trinajstić information content (AvgIpc) is 3.41. The second kappa shape index (κ2) is 17.8. The van der Waals surface area contributed by atoms with E-state index in [0.717, 1.165) is 37.3 Å². The minimum atomic E-state index is -4.99. The number of hydrogen-bond donors (Lipinski definition) is 5. The summed E-state index contributed by atoms with van der Waals surface area (Å²) < 4.78 is 41.0. The summed E-state index contributed by atoms with van der Waals surface area (Å²) in [5, 5.41) is 18.7. The molecule has 0 aliphatic carbocycles. The molecule has 0 bridgehead atoms. The van der Waals surface area contributed by atoms with Gasteiger partial charge in [-0.05, 0) is 57.5 Å². The van der Waals surface area contributed by atoms with Gasteiger partial charge in [0, 0.05) is 23.9 Å². The number of aliphatic carboxylic acids is 1. The number of amidine groups is 1. The minimum Gasteiger partial charge on any atom is -0.489 e. The number of nitrogens with two attached hydrogens (primary N) is 2. The summed E-state index contributed by atoms with van der Waals surface area (Å²) in [5.41, 5.74) is 10.8. The largest absolute Gasteiger partial charge is 0.489 e. The van der Waals surface area contributed by atoms with E-state index in [1.807, 2.05) is 0 Å². The molecule has 21 heteroatoms. The molecule has 3 heterocycles. The summed E-state index contributed by atoms with van der Waals surface area (Å²) in [5.74, 6) is -3.48. The first-order valence-corrected chi connectivity index (χ1v) is 15.9. The number of hydroxylamine groups is 2. The number of anilines is 1. The fourth-order valence-corrected chi connectivity index (χ4v) is 5.66. The third-order valence-corrected chi connectivity index (χ3v) is 8.16. The number of carbonyl (C=O) groups excluding carboxylic acids is 2. The number of piperidine rings is 1. The van der Waals surface area contributed by atoms with Gasteiger partial charge in [-0.25, -0.2) is 9.78 Å². The zero-order valence-electron chi connectivity index (χ0n) is 25.3. The number of aliphatic imine (C=N–C) groups is 1. The number of carboxylic acids is 1. The Hall–Kier alpha value is -3.47. The van der Waals surface area contributed by atoms with Gasteiger partial charge in [-0.1, -0.05) is 12.6 Å². The molecule has 0 spiro atoms. The minimum absolute atomic E-state index is 0. The second-order valence-electron chi connectivity index (χ2n) is 10.8. The summed E-state index contributed by atoms with van der Waals surface area (Å²) in [4.78, 5) is 51.5. The lowest BCUT2D eigenvalue weighted by molar-refractivity contribution is -0.228. The highest BCUT2D eigenvalue weighted by Crippen LogP contribution is 2.40. The van der Waals surface area contributed by atoms with Gasteiger partial charge in [0.25, 0.3) is 12.0 Å². The summed E-state index contributed by atoms with van der Waals surface area (Å²) in [6, 6.07) is 6.66. The maximum atomic E-state index is 13.3. The second-order valence-corrected chi connectivity index (χ2v) is 12.7. The number of oxime groups is 1. The number of nitrogens with zero attached hydrogens (tertiary/aromatic N) is 4. The fourth-order valence-electron chi connectivity index (χ4n) is 4.66. The molecule has 1 aromatic heterocycles. The van der Waals surface area contributed by atoms with E-state index in [0.29, 0.717) is 22.2 Å². The smallest absolute Gasteiger partial charge is 0.418 e. The van der Waals surface area contributed by atoms with Crippen LogP contribution < -0.4 is 21.5 Å². The number of hydrogen-bond acceptors (Lipinski definition) is 14. The van der Waals surface area contributed by atoms with Gasteiger partial charge in [-0.2, -0.15) is 40.5 Å². The molecule has 7 N–H and O–H groups in total. The first-order chi connectivity index (χ1) is 21.2. The normalized spacial score (nSPS) is 19.8. The number of rotatable bonds is 14. The van der Waals surface area contributed by atoms with Crippen molar-refractivity contribution in [2.45, 2.75) is 58.2 Å². The van der Waals surface area contributed by atoms with Crippen LogP contribution in [-0.2, 0) is 33.9 Å². The molecule has 2 aliphatic rings. The number of nitrogen functional groups attached to an aromatic ring is 1. The Labute approximate surface area is 295 Å². The lowest BCUT2D eigenvalue weighted by Gasteiger charge is -2.50. The summed E-state index contributed by atoms with van der Waals surface area (Å²) in [6.07, 6.45) is -0.195. The molecule has 48 heavy (non-hydrogen) atoms. The molecule has 0 radical (unpaired) electrons. The number of ketones is 1. The van der Waals surface area contributed by atoms with Crippen LogP contribution in [0.4, 0.5) is 5.13 Å². The van der Waals surface area contributed by atoms with Crippen LogP contribution in [-0.4, -0.2) is 94.7 Å². The van der Waals surface area contributed by atoms with Crippen LogP contribution in [0.15, 0.2) is 39.8 Å². The summed E-state index contributed by atoms with van der Waals surface area (Å²) in [7, 11) is -4.99. The van der Waals surface area contributed by atoms with Crippen LogP contribution in [0.2, 0.25) is 0 Å². The monoisotopic (exact) mass is 751 g/mol. The van der Waals surface area contributed by atoms with Gasteiger partial charge in [-0.15, -0.1) is 15.6 Å². The number of thiazole rings is 1. The Morgan fingerprint density at radius 1 is 1.25 bits per heavy atom. The quantitative estimate of drug-likeness (QED) is 0.0598. The first kappa shape index (κ1) is 42.6. The molecule has 2 fully saturated rings. The predicted molar refractivity (Wildman–Crippen MR) is 188 cm³/mol. The first-order valence-electron chi connectivity index (χ1n) is 13.6. The fraction of sp³-hybridized carbons (Fsp3) is 0.481. The number of benzene rings is 1. The third kappa shape index (κ3) is 10.8. The predicted octanol–water partition coefficient (Wildman–Crippen LogP) is 1.23. The van der Waals surface area contributed by atoms with E-state index in [1.54, 1.807) is 24.3 Å². The highest BCUT2D eigenvalue weighted by Gasteiger charge is 2.57. The van der Waals surface area contributed by atoms with Gasteiger partial charge >= 0.3 is 16.4 Å². The van der Waals surface area contributed by atoms with Crippen LogP contribution in [0.1, 0.15) is 51.8 Å². The number of carbonyl (C=O) groups is 3. The molecule has 1 amide bonds. The maximum absolute atomic E-state index is 13.3. The van der Waals surface area contributed by atoms with Crippen molar-refractivity contribution in [2.75, 3.05) is 25.4 Å². The lowest BCUT2D eigenvalue weighted by Crippen LogP contribution is -2.68. The lowest BCUT2D eigenvalue weighted by atomic mass is 9.74. The Morgan fingerprint density at radius 2 is 1.92 bits per heavy atom. The highest BCUT2D eigenvalue weighted by atomic mass is 32.3. The van der Waals surface area contributed by atoms with Crippen LogP contribution in [0.3, 0.4) is 0 Å². The van der Waals surface area contributed by atoms with E-state index in [9.17, 15) is 27.9 Å². The van der Waals surface area contributed by atoms with Crippen LogP contribution in [0, 0.1) is 5.92 Å². The Morgan fingerprint density at radius 3 is 2.44 bits per heavy atom. The molecule has 2 aromatic rings. The van der Waals surface area contributed by atoms with E-state index in [1.165, 1.54) is 19.2 Å². The number of aromatic nitrogens is 1. The molecule has 2 unspecified atom stereocenters. The molecule has 1 aromatic carbocycles. The van der Waals surface area contributed by atoms with Crippen LogP contribution in [0.25, 0.3) is 0 Å². The van der Waals surface area contributed by atoms with Gasteiger partial charge in [0.15, 0.2) is 16.6 Å². The average molecular weight is 752 g/mol. The van der Waals surface area contributed by atoms with E-state index >= 15 is 0 Å². The standard InChI is InChI=1S/C26H33N7O10S2.CH4.2H2S/c1-26(2)17(23(35)33(26)43-45(38,39)40)10-19(34)21(18-13-44-25(28)31-18)32-42-20(24(36)37)12-41-16-7-5-14(6-8-16)22(27)30-15-4-3-9-29-11-15;;;/h5-8,13,15,17,20,29H,3-4,9-12H2,1-2H3,(H2,27,30)(H2,28,31)(H,36,37)(H,38,39,40);1H4;2*1H2/b32-21-;;;/t15?,17?,20-;;;/m0.../s1. The number of Topliss-reactive ketones (excluding diaryl/α,β-unsaturated/α-hetero) is 1. The third-order valence-electron chi connectivity index (χ3n) is 7.15. The molecular weight excluding hydrogens is 711 g/mol. The van der Waals surface area contributed by atoms with Crippen molar-refractivity contribution in [1.29, 1.82) is 0 Å². The number of nitrogens with one attached hydrogen (secondary N) is 1. The van der Waals surface area contributed by atoms with Gasteiger partial charge in [0.1, 0.15) is 23.9 Å². The number of ether oxygens (including phenoxy) is 1. The molecule has 17 nitrogen and oxygen atoms in total. The Kier molecular flexibility index (Phi) is 15.8. The van der Waals surface area contributed by atoms with Crippen molar-refractivity contribution in [3.05, 3.63) is 40.9 Å². The molecule has 4 rings (SSSR count). The van der Waals surface area contributed by atoms with E-state index < -0.39 is 64.4 Å². The zero-order chi connectivity index (χ0) is 32.9. The maximum Gasteiger partial charge on any atom is 0.418 e. The zero-order valence-corrected chi connectivity index (χ0v) is 28.9. The van der Waals surface area contributed by atoms with Crippen molar-refractivity contribution in [3.63, 3.8) is 0 Å². The molecule has 3 atom stereocenters. The van der Waals surface area contributed by atoms with Gasteiger partial charge < -0.3 is 31.5 Å². The number of carboxylic acid groups (broad SMARTS) is 1. The number of amides is 1. The molecular formula is C27H41N7O10S4. The summed E-state index contributed by atoms with van der Waals surface area (Å²) in [6.45, 7) is 4.06. The van der Waals surface area contributed by atoms with Crippen molar-refractivity contribution < 1.29 is 46.3 Å². The number of β-lactam (4-membered cyclic amide) rings is 1. The van der Waals surface area contributed by atoms with E-state index in [2.05, 4.69) is 24.7 Å². The SMILES string of the molecule is C.CC1(C)C(CC(=O)/C(=N\O[C@@H](COc2ccc(C(N)=NC3CCCNC3)cc2)C(=O)O)c2csc(N)n2)C(=O)N1OS(=O)(=O)O.S.S. The Balaban J connectivity index is 0.00000384. The Bertz CT molecular complexity index is 1590. The summed E-state index contributed by atoms with van der Waals surface area (Å²) >= 11 is 0.984. The van der Waals surface area contributed by atoms with Crippen molar-refractivity contribution in [3.8, 4) is 5.75 Å². The van der Waals surface area contributed by atoms with Gasteiger partial charge in [0.2, 0.25) is 0 Å². The van der Waals surface area contributed by atoms with Gasteiger partial charge in [0.05, 0.1) is 17.5 Å². The van der Waals surface area contributed by atoms with Gasteiger partial charge in [-0.3, -0.25) is 19.1 Å².